The van der Waals surface area contributed by atoms with E-state index < -0.39 is 6.10 Å². The van der Waals surface area contributed by atoms with Gasteiger partial charge in [-0.3, -0.25) is 4.79 Å². The molecule has 1 saturated heterocycles. The van der Waals surface area contributed by atoms with Crippen molar-refractivity contribution < 1.29 is 19.4 Å². The number of likely N-dealkylation sites (tertiary alicyclic amines) is 1. The van der Waals surface area contributed by atoms with Gasteiger partial charge >= 0.3 is 0 Å². The number of carbonyl (C=O) groups is 1. The van der Waals surface area contributed by atoms with Crippen molar-refractivity contribution in [2.45, 2.75) is 12.5 Å². The van der Waals surface area contributed by atoms with Gasteiger partial charge in [-0.25, -0.2) is 0 Å². The molecule has 0 aromatic carbocycles. The fraction of sp³-hybridized carbons (Fsp3) is 0.545. The lowest BCUT2D eigenvalue weighted by molar-refractivity contribution is 0.0761. The molecular weight excluding hydrogens is 242 g/mol. The number of carbonyl (C=O) groups excluding carboxylic acids is 1. The molecule has 92 valence electrons. The number of thiophene rings is 1. The molecular formula is C11H13NO4S. The lowest BCUT2D eigenvalue weighted by Gasteiger charge is -2.18. The fourth-order valence-electron chi connectivity index (χ4n) is 2.08. The minimum Gasteiger partial charge on any atom is -0.485 e. The van der Waals surface area contributed by atoms with Crippen LogP contribution in [0.2, 0.25) is 0 Å². The molecule has 5 nitrogen and oxygen atoms in total. The smallest absolute Gasteiger partial charge is 0.267 e. The molecule has 0 unspecified atom stereocenters. The first-order valence-electron chi connectivity index (χ1n) is 5.60. The molecule has 0 bridgehead atoms. The number of fused-ring (bicyclic) bond motifs is 1. The summed E-state index contributed by atoms with van der Waals surface area (Å²) in [7, 11) is 0. The Morgan fingerprint density at radius 1 is 1.47 bits per heavy atom. The summed E-state index contributed by atoms with van der Waals surface area (Å²) in [5.74, 6) is 1.15. The number of amides is 1. The van der Waals surface area contributed by atoms with Crippen LogP contribution in [0, 0.1) is 0 Å². The molecule has 1 fully saturated rings. The predicted molar refractivity (Wildman–Crippen MR) is 61.8 cm³/mol. The third-order valence-corrected chi connectivity index (χ3v) is 3.87. The maximum Gasteiger partial charge on any atom is 0.267 e. The van der Waals surface area contributed by atoms with E-state index in [1.54, 1.807) is 10.3 Å². The summed E-state index contributed by atoms with van der Waals surface area (Å²) >= 11 is 1.34. The molecule has 0 radical (unpaired) electrons. The molecule has 17 heavy (non-hydrogen) atoms. The number of hydrogen-bond acceptors (Lipinski definition) is 5. The number of ether oxygens (including phenoxy) is 2. The van der Waals surface area contributed by atoms with E-state index >= 15 is 0 Å². The van der Waals surface area contributed by atoms with E-state index in [2.05, 4.69) is 0 Å². The number of aliphatic hydroxyl groups is 1. The van der Waals surface area contributed by atoms with E-state index in [1.807, 2.05) is 0 Å². The first kappa shape index (κ1) is 10.9. The van der Waals surface area contributed by atoms with Gasteiger partial charge in [0.2, 0.25) is 0 Å². The first-order chi connectivity index (χ1) is 8.25. The number of nitrogens with zero attached hydrogens (tertiary/aromatic N) is 1. The van der Waals surface area contributed by atoms with Crippen molar-refractivity contribution in [3.8, 4) is 11.5 Å². The fourth-order valence-corrected chi connectivity index (χ4v) is 2.98. The predicted octanol–water partition coefficient (Wildman–Crippen LogP) is 0.726. The van der Waals surface area contributed by atoms with E-state index in [-0.39, 0.29) is 5.91 Å². The summed E-state index contributed by atoms with van der Waals surface area (Å²) in [6, 6.07) is 0. The lowest BCUT2D eigenvalue weighted by atomic mass is 10.3. The van der Waals surface area contributed by atoms with E-state index in [4.69, 9.17) is 9.47 Å². The molecule has 1 atom stereocenters. The zero-order valence-corrected chi connectivity index (χ0v) is 10.0. The Morgan fingerprint density at radius 2 is 2.29 bits per heavy atom. The van der Waals surface area contributed by atoms with Crippen LogP contribution in [0.15, 0.2) is 5.38 Å². The molecule has 2 aliphatic heterocycles. The Morgan fingerprint density at radius 3 is 3.06 bits per heavy atom. The van der Waals surface area contributed by atoms with Crippen LogP contribution in [0.4, 0.5) is 0 Å². The van der Waals surface area contributed by atoms with Gasteiger partial charge in [0, 0.05) is 18.5 Å². The normalized spacial score (nSPS) is 22.9. The quantitative estimate of drug-likeness (QED) is 0.803. The third kappa shape index (κ3) is 1.87. The Labute approximate surface area is 103 Å². The van der Waals surface area contributed by atoms with Gasteiger partial charge in [-0.2, -0.15) is 0 Å². The van der Waals surface area contributed by atoms with Crippen LogP contribution in [0.3, 0.4) is 0 Å². The molecule has 1 aromatic heterocycles. The molecule has 1 N–H and O–H groups in total. The van der Waals surface area contributed by atoms with Gasteiger partial charge < -0.3 is 19.5 Å². The topological polar surface area (TPSA) is 59.0 Å². The van der Waals surface area contributed by atoms with E-state index in [9.17, 15) is 9.90 Å². The average molecular weight is 255 g/mol. The molecule has 0 aliphatic carbocycles. The van der Waals surface area contributed by atoms with E-state index in [1.165, 1.54) is 11.3 Å². The first-order valence-corrected chi connectivity index (χ1v) is 6.48. The molecule has 3 heterocycles. The van der Waals surface area contributed by atoms with Gasteiger partial charge in [0.25, 0.3) is 5.91 Å². The molecule has 0 spiro atoms. The number of aliphatic hydroxyl groups excluding tert-OH is 1. The summed E-state index contributed by atoms with van der Waals surface area (Å²) in [6.07, 6.45) is 0.253. The SMILES string of the molecule is O=C(c1scc2c1OCCO2)N1CC[C@@H](O)C1. The van der Waals surface area contributed by atoms with Gasteiger partial charge in [0.1, 0.15) is 18.1 Å². The highest BCUT2D eigenvalue weighted by molar-refractivity contribution is 7.12. The van der Waals surface area contributed by atoms with Gasteiger partial charge in [-0.05, 0) is 6.42 Å². The standard InChI is InChI=1S/C11H13NO4S/c13-7-1-2-12(5-7)11(14)10-9-8(6-17-10)15-3-4-16-9/h6-7,13H,1-5H2/t7-/m1/s1. The molecule has 3 rings (SSSR count). The molecule has 0 saturated carbocycles. The zero-order chi connectivity index (χ0) is 11.8. The molecule has 2 aliphatic rings. The Bertz CT molecular complexity index is 445. The van der Waals surface area contributed by atoms with Gasteiger partial charge in [0.15, 0.2) is 11.5 Å². The third-order valence-electron chi connectivity index (χ3n) is 2.95. The minimum absolute atomic E-state index is 0.0710. The average Bonchev–Trinajstić information content (AvgIpc) is 2.94. The van der Waals surface area contributed by atoms with Gasteiger partial charge in [-0.15, -0.1) is 11.3 Å². The second-order valence-corrected chi connectivity index (χ2v) is 5.03. The Balaban J connectivity index is 1.84. The minimum atomic E-state index is -0.396. The zero-order valence-electron chi connectivity index (χ0n) is 9.22. The Kier molecular flexibility index (Phi) is 2.68. The lowest BCUT2D eigenvalue weighted by Crippen LogP contribution is -2.29. The van der Waals surface area contributed by atoms with Crippen LogP contribution < -0.4 is 9.47 Å². The van der Waals surface area contributed by atoms with Crippen LogP contribution in [0.1, 0.15) is 16.1 Å². The monoisotopic (exact) mass is 255 g/mol. The maximum absolute atomic E-state index is 12.2. The van der Waals surface area contributed by atoms with Crippen molar-refractivity contribution >= 4 is 17.2 Å². The van der Waals surface area contributed by atoms with Gasteiger partial charge in [-0.1, -0.05) is 0 Å². The highest BCUT2D eigenvalue weighted by Gasteiger charge is 2.30. The van der Waals surface area contributed by atoms with Crippen LogP contribution in [-0.2, 0) is 0 Å². The van der Waals surface area contributed by atoms with Gasteiger partial charge in [0.05, 0.1) is 6.10 Å². The number of β-amino-alcohol motifs (C(OH)–C–C–N with tert-alkyl or cyclic N) is 1. The Hall–Kier alpha value is -1.27. The number of hydrogen-bond donors (Lipinski definition) is 1. The molecule has 1 aromatic rings. The number of rotatable bonds is 1. The van der Waals surface area contributed by atoms with E-state index in [0.717, 1.165) is 0 Å². The van der Waals surface area contributed by atoms with Crippen LogP contribution >= 0.6 is 11.3 Å². The molecule has 6 heteroatoms. The summed E-state index contributed by atoms with van der Waals surface area (Å²) in [5, 5.41) is 11.2. The van der Waals surface area contributed by atoms with Crippen molar-refractivity contribution in [3.05, 3.63) is 10.3 Å². The van der Waals surface area contributed by atoms with Crippen molar-refractivity contribution in [3.63, 3.8) is 0 Å². The van der Waals surface area contributed by atoms with E-state index in [0.29, 0.717) is 49.1 Å². The second kappa shape index (κ2) is 4.19. The molecule has 1 amide bonds. The second-order valence-electron chi connectivity index (χ2n) is 4.15. The maximum atomic E-state index is 12.2. The summed E-state index contributed by atoms with van der Waals surface area (Å²) in [5.41, 5.74) is 0. The van der Waals surface area contributed by atoms with Crippen molar-refractivity contribution in [1.29, 1.82) is 0 Å². The summed E-state index contributed by atoms with van der Waals surface area (Å²) in [6.45, 7) is 2.02. The van der Waals surface area contributed by atoms with Crippen molar-refractivity contribution in [2.75, 3.05) is 26.3 Å². The van der Waals surface area contributed by atoms with Crippen molar-refractivity contribution in [2.24, 2.45) is 0 Å². The van der Waals surface area contributed by atoms with Crippen LogP contribution in [0.25, 0.3) is 0 Å². The summed E-state index contributed by atoms with van der Waals surface area (Å²) < 4.78 is 10.9. The van der Waals surface area contributed by atoms with Crippen LogP contribution in [-0.4, -0.2) is 48.3 Å². The highest BCUT2D eigenvalue weighted by Crippen LogP contribution is 2.40. The largest absolute Gasteiger partial charge is 0.485 e. The highest BCUT2D eigenvalue weighted by atomic mass is 32.1. The van der Waals surface area contributed by atoms with Crippen LogP contribution in [0.5, 0.6) is 11.5 Å². The van der Waals surface area contributed by atoms with Crippen molar-refractivity contribution in [1.82, 2.24) is 4.90 Å². The summed E-state index contributed by atoms with van der Waals surface area (Å²) in [4.78, 5) is 14.5.